The zero-order chi connectivity index (χ0) is 11.8. The summed E-state index contributed by atoms with van der Waals surface area (Å²) in [6, 6.07) is 1.43. The lowest BCUT2D eigenvalue weighted by atomic mass is 10.3. The summed E-state index contributed by atoms with van der Waals surface area (Å²) >= 11 is 0. The summed E-state index contributed by atoms with van der Waals surface area (Å²) in [5.74, 6) is 0. The van der Waals surface area contributed by atoms with E-state index in [0.29, 0.717) is 5.65 Å². The summed E-state index contributed by atoms with van der Waals surface area (Å²) in [4.78, 5) is 14.0. The van der Waals surface area contributed by atoms with Crippen LogP contribution in [0.15, 0.2) is 35.6 Å². The maximum Gasteiger partial charge on any atom is 0.251 e. The number of aromatic nitrogens is 5. The smallest absolute Gasteiger partial charge is 0.251 e. The Morgan fingerprint density at radius 3 is 3.00 bits per heavy atom. The summed E-state index contributed by atoms with van der Waals surface area (Å²) in [5.41, 5.74) is 2.40. The largest absolute Gasteiger partial charge is 0.305 e. The molecule has 0 atom stereocenters. The van der Waals surface area contributed by atoms with Crippen molar-refractivity contribution in [2.24, 2.45) is 0 Å². The van der Waals surface area contributed by atoms with Crippen molar-refractivity contribution in [3.63, 3.8) is 0 Å². The fourth-order valence-electron chi connectivity index (χ4n) is 1.73. The van der Waals surface area contributed by atoms with Crippen LogP contribution in [0.2, 0.25) is 0 Å². The quantitative estimate of drug-likeness (QED) is 0.705. The molecular formula is C11H11N5O. The first-order valence-electron chi connectivity index (χ1n) is 5.38. The molecule has 17 heavy (non-hydrogen) atoms. The van der Waals surface area contributed by atoms with Gasteiger partial charge in [-0.2, -0.15) is 10.2 Å². The zero-order valence-corrected chi connectivity index (χ0v) is 9.29. The van der Waals surface area contributed by atoms with Gasteiger partial charge in [0.25, 0.3) is 5.56 Å². The molecule has 0 aliphatic carbocycles. The minimum Gasteiger partial charge on any atom is -0.305 e. The van der Waals surface area contributed by atoms with Gasteiger partial charge in [0.2, 0.25) is 0 Å². The highest BCUT2D eigenvalue weighted by Crippen LogP contribution is 2.12. The minimum atomic E-state index is -0.151. The van der Waals surface area contributed by atoms with Crippen LogP contribution < -0.4 is 5.56 Å². The lowest BCUT2D eigenvalue weighted by Crippen LogP contribution is -2.07. The molecule has 0 fully saturated rings. The first-order valence-corrected chi connectivity index (χ1v) is 5.38. The molecule has 86 valence electrons. The van der Waals surface area contributed by atoms with Crippen molar-refractivity contribution in [3.8, 4) is 5.69 Å². The predicted molar refractivity (Wildman–Crippen MR) is 62.3 cm³/mol. The van der Waals surface area contributed by atoms with E-state index in [-0.39, 0.29) is 5.56 Å². The first kappa shape index (κ1) is 9.83. The molecule has 6 heteroatoms. The molecule has 0 spiro atoms. The molecule has 3 rings (SSSR count). The van der Waals surface area contributed by atoms with Gasteiger partial charge in [-0.1, -0.05) is 6.92 Å². The number of aromatic amines is 1. The maximum absolute atomic E-state index is 11.3. The van der Waals surface area contributed by atoms with E-state index in [4.69, 9.17) is 0 Å². The van der Waals surface area contributed by atoms with Crippen LogP contribution in [0, 0.1) is 0 Å². The van der Waals surface area contributed by atoms with Gasteiger partial charge in [-0.3, -0.25) is 4.79 Å². The average molecular weight is 229 g/mol. The standard InChI is InChI=1S/C11H11N5O/c1-2-8-5-12-16(7-8)9-6-13-15-4-3-10(17)14-11(9)15/h3-7H,2H2,1H3,(H,14,17). The van der Waals surface area contributed by atoms with E-state index in [1.165, 1.54) is 6.07 Å². The average Bonchev–Trinajstić information content (AvgIpc) is 2.93. The Hall–Kier alpha value is -2.37. The number of hydrogen-bond acceptors (Lipinski definition) is 3. The van der Waals surface area contributed by atoms with E-state index in [9.17, 15) is 4.79 Å². The molecule has 0 aromatic carbocycles. The van der Waals surface area contributed by atoms with E-state index < -0.39 is 0 Å². The van der Waals surface area contributed by atoms with Crippen molar-refractivity contribution in [2.75, 3.05) is 0 Å². The second-order valence-electron chi connectivity index (χ2n) is 3.77. The normalized spacial score (nSPS) is 11.1. The second kappa shape index (κ2) is 3.58. The lowest BCUT2D eigenvalue weighted by molar-refractivity contribution is 0.882. The Morgan fingerprint density at radius 2 is 2.24 bits per heavy atom. The van der Waals surface area contributed by atoms with E-state index in [2.05, 4.69) is 22.1 Å². The fraction of sp³-hybridized carbons (Fsp3) is 0.182. The van der Waals surface area contributed by atoms with Gasteiger partial charge < -0.3 is 4.98 Å². The van der Waals surface area contributed by atoms with Crippen LogP contribution in [0.4, 0.5) is 0 Å². The molecule has 0 bridgehead atoms. The van der Waals surface area contributed by atoms with Gasteiger partial charge in [-0.15, -0.1) is 0 Å². The Kier molecular flexibility index (Phi) is 2.07. The molecule has 0 saturated carbocycles. The molecule has 0 aliphatic heterocycles. The Balaban J connectivity index is 2.23. The molecule has 3 aromatic rings. The number of fused-ring (bicyclic) bond motifs is 1. The minimum absolute atomic E-state index is 0.151. The van der Waals surface area contributed by atoms with Crippen molar-refractivity contribution in [1.29, 1.82) is 0 Å². The van der Waals surface area contributed by atoms with Crippen molar-refractivity contribution in [1.82, 2.24) is 24.4 Å². The molecule has 0 unspecified atom stereocenters. The number of H-pyrrole nitrogens is 1. The maximum atomic E-state index is 11.3. The van der Waals surface area contributed by atoms with E-state index in [1.807, 2.05) is 12.4 Å². The van der Waals surface area contributed by atoms with E-state index in [1.54, 1.807) is 21.6 Å². The zero-order valence-electron chi connectivity index (χ0n) is 9.29. The van der Waals surface area contributed by atoms with Gasteiger partial charge in [-0.05, 0) is 12.0 Å². The van der Waals surface area contributed by atoms with Crippen molar-refractivity contribution in [2.45, 2.75) is 13.3 Å². The summed E-state index contributed by atoms with van der Waals surface area (Å²) in [6.07, 6.45) is 7.97. The fourth-order valence-corrected chi connectivity index (χ4v) is 1.73. The third kappa shape index (κ3) is 1.54. The highest BCUT2D eigenvalue weighted by molar-refractivity contribution is 5.56. The second-order valence-corrected chi connectivity index (χ2v) is 3.77. The van der Waals surface area contributed by atoms with Crippen LogP contribution in [0.5, 0.6) is 0 Å². The lowest BCUT2D eigenvalue weighted by Gasteiger charge is -1.97. The highest BCUT2D eigenvalue weighted by Gasteiger charge is 2.07. The van der Waals surface area contributed by atoms with Crippen LogP contribution in [0.3, 0.4) is 0 Å². The predicted octanol–water partition coefficient (Wildman–Crippen LogP) is 0.771. The summed E-state index contributed by atoms with van der Waals surface area (Å²) < 4.78 is 3.33. The van der Waals surface area contributed by atoms with Crippen molar-refractivity contribution >= 4 is 5.65 Å². The molecule has 3 heterocycles. The summed E-state index contributed by atoms with van der Waals surface area (Å²) in [6.45, 7) is 2.07. The topological polar surface area (TPSA) is 68.0 Å². The van der Waals surface area contributed by atoms with Crippen LogP contribution in [0.25, 0.3) is 11.3 Å². The monoisotopic (exact) mass is 229 g/mol. The van der Waals surface area contributed by atoms with Crippen LogP contribution >= 0.6 is 0 Å². The third-order valence-corrected chi connectivity index (χ3v) is 2.68. The van der Waals surface area contributed by atoms with Gasteiger partial charge in [0.05, 0.1) is 12.4 Å². The van der Waals surface area contributed by atoms with Gasteiger partial charge in [-0.25, -0.2) is 9.20 Å². The van der Waals surface area contributed by atoms with E-state index in [0.717, 1.165) is 17.7 Å². The van der Waals surface area contributed by atoms with Crippen molar-refractivity contribution < 1.29 is 0 Å². The van der Waals surface area contributed by atoms with Gasteiger partial charge >= 0.3 is 0 Å². The van der Waals surface area contributed by atoms with Crippen LogP contribution in [0.1, 0.15) is 12.5 Å². The number of hydrogen-bond donors (Lipinski definition) is 1. The van der Waals surface area contributed by atoms with Gasteiger partial charge in [0.15, 0.2) is 5.65 Å². The molecule has 3 aromatic heterocycles. The third-order valence-electron chi connectivity index (χ3n) is 2.68. The Morgan fingerprint density at radius 1 is 1.35 bits per heavy atom. The van der Waals surface area contributed by atoms with Gasteiger partial charge in [0.1, 0.15) is 5.69 Å². The molecule has 0 amide bonds. The first-order chi connectivity index (χ1) is 8.28. The molecule has 0 aliphatic rings. The number of rotatable bonds is 2. The molecule has 6 nitrogen and oxygen atoms in total. The molecular weight excluding hydrogens is 218 g/mol. The van der Waals surface area contributed by atoms with Crippen LogP contribution in [-0.4, -0.2) is 24.4 Å². The molecule has 1 N–H and O–H groups in total. The highest BCUT2D eigenvalue weighted by atomic mass is 16.1. The number of nitrogens with one attached hydrogen (secondary N) is 1. The summed E-state index contributed by atoms with van der Waals surface area (Å²) in [7, 11) is 0. The Labute approximate surface area is 96.5 Å². The van der Waals surface area contributed by atoms with Crippen molar-refractivity contribution in [3.05, 3.63) is 46.8 Å². The summed E-state index contributed by atoms with van der Waals surface area (Å²) in [5, 5.41) is 8.41. The van der Waals surface area contributed by atoms with E-state index >= 15 is 0 Å². The van der Waals surface area contributed by atoms with Crippen LogP contribution in [-0.2, 0) is 6.42 Å². The molecule has 0 saturated heterocycles. The SMILES string of the molecule is CCc1cnn(-c2cnn3ccc(=O)[nH]c23)c1. The Bertz CT molecular complexity index is 721. The number of nitrogens with zero attached hydrogens (tertiary/aromatic N) is 4. The van der Waals surface area contributed by atoms with Gasteiger partial charge in [0, 0.05) is 18.5 Å². The number of aryl methyl sites for hydroxylation is 1. The molecule has 0 radical (unpaired) electrons.